The summed E-state index contributed by atoms with van der Waals surface area (Å²) in [5.74, 6) is -2.14. The van der Waals surface area contributed by atoms with Crippen molar-refractivity contribution in [1.29, 1.82) is 0 Å². The van der Waals surface area contributed by atoms with Crippen LogP contribution >= 0.6 is 0 Å². The molecule has 0 saturated carbocycles. The minimum Gasteiger partial charge on any atom is -0.394 e. The SMILES string of the molecule is CC(C)C[C@H](CO)N1C(=O)[C@@H]2[C@@H](C(=O)Nc3ccccc3)[C@@]3(C)CCC2(O3)C1C(=O)NC(C)C. The Hall–Kier alpha value is -2.45. The van der Waals surface area contributed by atoms with Gasteiger partial charge >= 0.3 is 0 Å². The third kappa shape index (κ3) is 3.90. The monoisotopic (exact) mass is 471 g/mol. The number of aliphatic hydroxyl groups excluding tert-OH is 1. The van der Waals surface area contributed by atoms with E-state index in [0.29, 0.717) is 24.9 Å². The molecular weight excluding hydrogens is 434 g/mol. The van der Waals surface area contributed by atoms with E-state index in [2.05, 4.69) is 10.6 Å². The summed E-state index contributed by atoms with van der Waals surface area (Å²) >= 11 is 0. The van der Waals surface area contributed by atoms with Crippen molar-refractivity contribution in [3.8, 4) is 0 Å². The first kappa shape index (κ1) is 24.7. The molecule has 8 nitrogen and oxygen atoms in total. The van der Waals surface area contributed by atoms with E-state index in [1.54, 1.807) is 12.1 Å². The van der Waals surface area contributed by atoms with E-state index >= 15 is 0 Å². The van der Waals surface area contributed by atoms with Crippen molar-refractivity contribution in [1.82, 2.24) is 10.2 Å². The van der Waals surface area contributed by atoms with Gasteiger partial charge in [-0.2, -0.15) is 0 Å². The Bertz CT molecular complexity index is 951. The van der Waals surface area contributed by atoms with Crippen LogP contribution in [0.5, 0.6) is 0 Å². The zero-order valence-corrected chi connectivity index (χ0v) is 20.7. The van der Waals surface area contributed by atoms with E-state index in [0.717, 1.165) is 0 Å². The molecule has 3 fully saturated rings. The summed E-state index contributed by atoms with van der Waals surface area (Å²) in [5.41, 5.74) is -1.28. The molecule has 0 aliphatic carbocycles. The van der Waals surface area contributed by atoms with Crippen molar-refractivity contribution in [3.63, 3.8) is 0 Å². The van der Waals surface area contributed by atoms with Crippen LogP contribution in [0.1, 0.15) is 53.9 Å². The Labute approximate surface area is 201 Å². The number of carbonyl (C=O) groups excluding carboxylic acids is 3. The molecule has 4 rings (SSSR count). The minimum absolute atomic E-state index is 0.121. The molecule has 0 aromatic heterocycles. The molecule has 3 amide bonds. The van der Waals surface area contributed by atoms with E-state index in [1.807, 2.05) is 52.8 Å². The van der Waals surface area contributed by atoms with E-state index in [4.69, 9.17) is 4.74 Å². The first-order valence-electron chi connectivity index (χ1n) is 12.3. The highest BCUT2D eigenvalue weighted by atomic mass is 16.5. The Kier molecular flexibility index (Phi) is 6.50. The van der Waals surface area contributed by atoms with Crippen LogP contribution in [0.2, 0.25) is 0 Å². The lowest BCUT2D eigenvalue weighted by Gasteiger charge is -2.38. The van der Waals surface area contributed by atoms with Gasteiger partial charge in [-0.3, -0.25) is 14.4 Å². The number of hydrogen-bond acceptors (Lipinski definition) is 5. The smallest absolute Gasteiger partial charge is 0.246 e. The number of para-hydroxylation sites is 1. The van der Waals surface area contributed by atoms with Gasteiger partial charge in [0.1, 0.15) is 11.6 Å². The van der Waals surface area contributed by atoms with Crippen LogP contribution < -0.4 is 10.6 Å². The highest BCUT2D eigenvalue weighted by molar-refractivity contribution is 6.02. The second-order valence-corrected chi connectivity index (χ2v) is 11.0. The Morgan fingerprint density at radius 3 is 2.41 bits per heavy atom. The lowest BCUT2D eigenvalue weighted by Crippen LogP contribution is -2.59. The number of nitrogens with zero attached hydrogens (tertiary/aromatic N) is 1. The fourth-order valence-electron chi connectivity index (χ4n) is 6.38. The van der Waals surface area contributed by atoms with Gasteiger partial charge in [-0.1, -0.05) is 32.0 Å². The summed E-state index contributed by atoms with van der Waals surface area (Å²) < 4.78 is 6.59. The largest absolute Gasteiger partial charge is 0.394 e. The summed E-state index contributed by atoms with van der Waals surface area (Å²) in [6, 6.07) is 7.61. The van der Waals surface area contributed by atoms with Crippen molar-refractivity contribution in [2.75, 3.05) is 11.9 Å². The van der Waals surface area contributed by atoms with Gasteiger partial charge < -0.3 is 25.4 Å². The molecule has 1 spiro atoms. The Balaban J connectivity index is 1.75. The van der Waals surface area contributed by atoms with Crippen LogP contribution in [-0.2, 0) is 19.1 Å². The molecule has 6 atom stereocenters. The lowest BCUT2D eigenvalue weighted by molar-refractivity contribution is -0.149. The Morgan fingerprint density at radius 1 is 1.15 bits per heavy atom. The maximum atomic E-state index is 14.0. The predicted molar refractivity (Wildman–Crippen MR) is 128 cm³/mol. The fourth-order valence-corrected chi connectivity index (χ4v) is 6.38. The topological polar surface area (TPSA) is 108 Å². The number of carbonyl (C=O) groups is 3. The summed E-state index contributed by atoms with van der Waals surface area (Å²) in [6.07, 6.45) is 1.65. The fraction of sp³-hybridized carbons (Fsp3) is 0.654. The predicted octanol–water partition coefficient (Wildman–Crippen LogP) is 2.32. The molecule has 1 aromatic carbocycles. The number of ether oxygens (including phenoxy) is 1. The molecule has 3 aliphatic rings. The third-order valence-electron chi connectivity index (χ3n) is 7.57. The van der Waals surface area contributed by atoms with Crippen LogP contribution in [0.15, 0.2) is 30.3 Å². The highest BCUT2D eigenvalue weighted by Gasteiger charge is 2.78. The number of rotatable bonds is 8. The second-order valence-electron chi connectivity index (χ2n) is 11.0. The number of amides is 3. The van der Waals surface area contributed by atoms with Gasteiger partial charge in [-0.05, 0) is 58.1 Å². The molecule has 2 bridgehead atoms. The van der Waals surface area contributed by atoms with E-state index in [9.17, 15) is 19.5 Å². The zero-order valence-electron chi connectivity index (χ0n) is 20.7. The van der Waals surface area contributed by atoms with Gasteiger partial charge in [0, 0.05) is 11.7 Å². The average molecular weight is 472 g/mol. The standard InChI is InChI=1S/C26H37N3O5/c1-15(2)13-18(14-30)29-21(23(32)27-16(3)4)26-12-11-25(5,34-26)19(20(26)24(29)33)22(31)28-17-9-7-6-8-10-17/h6-10,15-16,18-21,30H,11-14H2,1-5H3,(H,27,32)(H,28,31)/t18-,19+,20+,21?,25-,26?/m1/s1. The number of benzene rings is 1. The summed E-state index contributed by atoms with van der Waals surface area (Å²) in [5, 5.41) is 16.1. The van der Waals surface area contributed by atoms with Crippen LogP contribution in [0.3, 0.4) is 0 Å². The lowest BCUT2D eigenvalue weighted by atomic mass is 9.66. The molecular formula is C26H37N3O5. The van der Waals surface area contributed by atoms with E-state index < -0.39 is 35.1 Å². The summed E-state index contributed by atoms with van der Waals surface area (Å²) in [4.78, 5) is 42.7. The van der Waals surface area contributed by atoms with Gasteiger partial charge in [-0.25, -0.2) is 0 Å². The van der Waals surface area contributed by atoms with Crippen LogP contribution in [-0.4, -0.2) is 63.7 Å². The molecule has 3 heterocycles. The molecule has 34 heavy (non-hydrogen) atoms. The molecule has 186 valence electrons. The molecule has 3 saturated heterocycles. The van der Waals surface area contributed by atoms with Crippen molar-refractivity contribution in [3.05, 3.63) is 30.3 Å². The first-order chi connectivity index (χ1) is 16.0. The van der Waals surface area contributed by atoms with Crippen molar-refractivity contribution in [2.45, 2.75) is 83.2 Å². The average Bonchev–Trinajstić information content (AvgIpc) is 3.33. The maximum Gasteiger partial charge on any atom is 0.246 e. The highest BCUT2D eigenvalue weighted by Crippen LogP contribution is 2.63. The van der Waals surface area contributed by atoms with Crippen molar-refractivity contribution in [2.24, 2.45) is 17.8 Å². The molecule has 2 unspecified atom stereocenters. The van der Waals surface area contributed by atoms with Gasteiger partial charge in [0.05, 0.1) is 30.1 Å². The third-order valence-corrected chi connectivity index (χ3v) is 7.57. The van der Waals surface area contributed by atoms with Gasteiger partial charge in [0.15, 0.2) is 0 Å². The first-order valence-corrected chi connectivity index (χ1v) is 12.3. The van der Waals surface area contributed by atoms with Crippen molar-refractivity contribution < 1.29 is 24.2 Å². The zero-order chi connectivity index (χ0) is 24.8. The maximum absolute atomic E-state index is 14.0. The number of hydrogen-bond donors (Lipinski definition) is 3. The van der Waals surface area contributed by atoms with Crippen molar-refractivity contribution >= 4 is 23.4 Å². The number of nitrogens with one attached hydrogen (secondary N) is 2. The van der Waals surface area contributed by atoms with Gasteiger partial charge in [0.2, 0.25) is 17.7 Å². The Morgan fingerprint density at radius 2 is 1.82 bits per heavy atom. The number of fused-ring (bicyclic) bond motifs is 1. The second kappa shape index (κ2) is 8.96. The summed E-state index contributed by atoms with van der Waals surface area (Å²) in [7, 11) is 0. The minimum atomic E-state index is -1.09. The summed E-state index contributed by atoms with van der Waals surface area (Å²) in [6.45, 7) is 9.40. The van der Waals surface area contributed by atoms with Gasteiger partial charge in [-0.15, -0.1) is 0 Å². The molecule has 8 heteroatoms. The van der Waals surface area contributed by atoms with E-state index in [-0.39, 0.29) is 36.3 Å². The van der Waals surface area contributed by atoms with Crippen LogP contribution in [0.25, 0.3) is 0 Å². The van der Waals surface area contributed by atoms with E-state index in [1.165, 1.54) is 4.90 Å². The molecule has 1 aromatic rings. The normalized spacial score (nSPS) is 32.9. The quantitative estimate of drug-likeness (QED) is 0.539. The number of anilines is 1. The van der Waals surface area contributed by atoms with Crippen LogP contribution in [0, 0.1) is 17.8 Å². The number of aliphatic hydroxyl groups is 1. The molecule has 3 N–H and O–H groups in total. The number of likely N-dealkylation sites (tertiary alicyclic amines) is 1. The molecule has 3 aliphatic heterocycles. The van der Waals surface area contributed by atoms with Crippen LogP contribution in [0.4, 0.5) is 5.69 Å². The molecule has 0 radical (unpaired) electrons. The van der Waals surface area contributed by atoms with Gasteiger partial charge in [0.25, 0.3) is 0 Å².